The van der Waals surface area contributed by atoms with Crippen molar-refractivity contribution in [2.45, 2.75) is 19.2 Å². The van der Waals surface area contributed by atoms with E-state index in [4.69, 9.17) is 0 Å². The first kappa shape index (κ1) is 16.5. The highest BCUT2D eigenvalue weighted by atomic mass is 19.4. The van der Waals surface area contributed by atoms with Crippen molar-refractivity contribution < 1.29 is 26.3 Å². The normalized spacial score (nSPS) is 12.3. The van der Waals surface area contributed by atoms with Crippen LogP contribution < -0.4 is 10.9 Å². The van der Waals surface area contributed by atoms with E-state index in [2.05, 4.69) is 0 Å². The van der Waals surface area contributed by atoms with Gasteiger partial charge in [0.25, 0.3) is 0 Å². The lowest BCUT2D eigenvalue weighted by atomic mass is 9.42. The minimum atomic E-state index is -4.45. The molecule has 2 rings (SSSR count). The Bertz CT molecular complexity index is 642. The number of rotatable bonds is 2. The highest BCUT2D eigenvalue weighted by Gasteiger charge is 2.32. The van der Waals surface area contributed by atoms with Gasteiger partial charge in [0.05, 0.1) is 11.1 Å². The third-order valence-corrected chi connectivity index (χ3v) is 3.45. The number of hydrogen-bond donors (Lipinski definition) is 0. The Labute approximate surface area is 123 Å². The number of alkyl halides is 6. The topological polar surface area (TPSA) is 0 Å². The van der Waals surface area contributed by atoms with Crippen molar-refractivity contribution in [3.63, 3.8) is 0 Å². The largest absolute Gasteiger partial charge is 0.416 e. The van der Waals surface area contributed by atoms with Crippen molar-refractivity contribution in [3.05, 3.63) is 59.7 Å². The molecule has 0 nitrogen and oxygen atoms in total. The van der Waals surface area contributed by atoms with Gasteiger partial charge in [-0.15, -0.1) is 0 Å². The number of benzene rings is 2. The molecule has 2 aromatic rings. The molecule has 0 aliphatic carbocycles. The minimum absolute atomic E-state index is 0.398. The summed E-state index contributed by atoms with van der Waals surface area (Å²) in [5.74, 6) is 0. The van der Waals surface area contributed by atoms with E-state index in [-0.39, 0.29) is 0 Å². The van der Waals surface area contributed by atoms with Gasteiger partial charge >= 0.3 is 12.4 Å². The molecule has 0 radical (unpaired) electrons. The molecule has 0 aliphatic heterocycles. The summed E-state index contributed by atoms with van der Waals surface area (Å²) in [6, 6.07) is 9.22. The molecule has 0 saturated carbocycles. The lowest BCUT2D eigenvalue weighted by Crippen LogP contribution is -2.39. The van der Waals surface area contributed by atoms with Crippen LogP contribution in [0.3, 0.4) is 0 Å². The fourth-order valence-corrected chi connectivity index (χ4v) is 2.14. The Kier molecular flexibility index (Phi) is 4.27. The smallest absolute Gasteiger partial charge is 0.166 e. The van der Waals surface area contributed by atoms with Crippen LogP contribution in [0.2, 0.25) is 6.82 Å². The third kappa shape index (κ3) is 3.64. The van der Waals surface area contributed by atoms with Gasteiger partial charge in [-0.05, 0) is 0 Å². The zero-order valence-corrected chi connectivity index (χ0v) is 11.5. The number of hydrogen-bond acceptors (Lipinski definition) is 0. The van der Waals surface area contributed by atoms with Gasteiger partial charge in [-0.2, -0.15) is 26.3 Å². The first-order valence-electron chi connectivity index (χ1n) is 6.43. The summed E-state index contributed by atoms with van der Waals surface area (Å²) in [6.07, 6.45) is -8.88. The van der Waals surface area contributed by atoms with Gasteiger partial charge in [0.15, 0.2) is 0 Å². The molecule has 0 unspecified atom stereocenters. The fourth-order valence-electron chi connectivity index (χ4n) is 2.14. The highest BCUT2D eigenvalue weighted by molar-refractivity contribution is 6.84. The van der Waals surface area contributed by atoms with Gasteiger partial charge in [0.2, 0.25) is 6.71 Å². The maximum absolute atomic E-state index is 12.7. The lowest BCUT2D eigenvalue weighted by molar-refractivity contribution is -0.138. The van der Waals surface area contributed by atoms with Crippen LogP contribution in [0.25, 0.3) is 0 Å². The quantitative estimate of drug-likeness (QED) is 0.581. The molecule has 0 atom stereocenters. The van der Waals surface area contributed by atoms with Crippen molar-refractivity contribution in [3.8, 4) is 0 Å². The molecule has 7 heteroatoms. The maximum Gasteiger partial charge on any atom is 0.416 e. The van der Waals surface area contributed by atoms with Crippen LogP contribution in [0.5, 0.6) is 0 Å². The van der Waals surface area contributed by atoms with Gasteiger partial charge in [-0.1, -0.05) is 66.3 Å². The molecule has 116 valence electrons. The monoisotopic (exact) mass is 316 g/mol. The summed E-state index contributed by atoms with van der Waals surface area (Å²) in [5, 5.41) is 0. The average molecular weight is 316 g/mol. The second-order valence-corrected chi connectivity index (χ2v) is 4.96. The molecule has 2 aromatic carbocycles. The van der Waals surface area contributed by atoms with Gasteiger partial charge < -0.3 is 0 Å². The van der Waals surface area contributed by atoms with Gasteiger partial charge in [-0.25, -0.2) is 0 Å². The minimum Gasteiger partial charge on any atom is -0.166 e. The van der Waals surface area contributed by atoms with Gasteiger partial charge in [0.1, 0.15) is 0 Å². The van der Waals surface area contributed by atoms with Crippen molar-refractivity contribution in [1.82, 2.24) is 0 Å². The molecule has 0 aliphatic rings. The molecule has 0 bridgehead atoms. The maximum atomic E-state index is 12.7. The molecular formula is C15H11BF6. The van der Waals surface area contributed by atoms with Crippen molar-refractivity contribution in [2.24, 2.45) is 0 Å². The second kappa shape index (κ2) is 5.70. The lowest BCUT2D eigenvalue weighted by Gasteiger charge is -2.14. The summed E-state index contributed by atoms with van der Waals surface area (Å²) in [4.78, 5) is 0. The zero-order chi connectivity index (χ0) is 16.5. The van der Waals surface area contributed by atoms with E-state index < -0.39 is 30.2 Å². The molecule has 0 amide bonds. The van der Waals surface area contributed by atoms with Crippen molar-refractivity contribution in [2.75, 3.05) is 0 Å². The molecule has 0 fully saturated rings. The molecule has 22 heavy (non-hydrogen) atoms. The summed E-state index contributed by atoms with van der Waals surface area (Å²) in [7, 11) is 0. The van der Waals surface area contributed by atoms with Crippen molar-refractivity contribution in [1.29, 1.82) is 0 Å². The Balaban J connectivity index is 2.30. The average Bonchev–Trinajstić information content (AvgIpc) is 2.45. The van der Waals surface area contributed by atoms with Crippen LogP contribution in [0.4, 0.5) is 26.3 Å². The standard InChI is InChI=1S/C15H11BF6/c1-16(12-7-5-10(6-8-12)14(17,18)19)13-4-2-3-11(9-13)15(20,21)22/h2-9H,1H3. The summed E-state index contributed by atoms with van der Waals surface area (Å²) in [5.41, 5.74) is -0.641. The Morgan fingerprint density at radius 2 is 1.23 bits per heavy atom. The summed E-state index contributed by atoms with van der Waals surface area (Å²) >= 11 is 0. The van der Waals surface area contributed by atoms with E-state index in [9.17, 15) is 26.3 Å². The van der Waals surface area contributed by atoms with Crippen molar-refractivity contribution >= 4 is 17.6 Å². The molecule has 0 aromatic heterocycles. The molecule has 0 saturated heterocycles. The van der Waals surface area contributed by atoms with Crippen LogP contribution in [-0.2, 0) is 12.4 Å². The zero-order valence-electron chi connectivity index (χ0n) is 11.5. The third-order valence-electron chi connectivity index (χ3n) is 3.45. The molecule has 0 spiro atoms. The van der Waals surface area contributed by atoms with E-state index in [1.807, 2.05) is 0 Å². The van der Waals surface area contributed by atoms with Crippen LogP contribution in [0, 0.1) is 0 Å². The predicted molar refractivity (Wildman–Crippen MR) is 73.8 cm³/mol. The number of halogens is 6. The van der Waals surface area contributed by atoms with E-state index in [0.717, 1.165) is 24.3 Å². The predicted octanol–water partition coefficient (Wildman–Crippen LogP) is 3.96. The summed E-state index contributed by atoms with van der Waals surface area (Å²) < 4.78 is 75.6. The van der Waals surface area contributed by atoms with Gasteiger partial charge in [0, 0.05) is 0 Å². The second-order valence-electron chi connectivity index (χ2n) is 4.96. The first-order chi connectivity index (χ1) is 10.1. The molecule has 0 heterocycles. The Morgan fingerprint density at radius 1 is 0.682 bits per heavy atom. The van der Waals surface area contributed by atoms with E-state index in [1.54, 1.807) is 6.82 Å². The van der Waals surface area contributed by atoms with E-state index in [0.29, 0.717) is 10.9 Å². The Hall–Kier alpha value is -1.92. The molecule has 0 N–H and O–H groups in total. The summed E-state index contributed by atoms with van der Waals surface area (Å²) in [6.45, 7) is 1.21. The first-order valence-corrected chi connectivity index (χ1v) is 6.43. The van der Waals surface area contributed by atoms with Crippen LogP contribution >= 0.6 is 0 Å². The van der Waals surface area contributed by atoms with Crippen LogP contribution in [0.15, 0.2) is 48.5 Å². The van der Waals surface area contributed by atoms with Gasteiger partial charge in [-0.3, -0.25) is 0 Å². The Morgan fingerprint density at radius 3 is 1.73 bits per heavy atom. The highest BCUT2D eigenvalue weighted by Crippen LogP contribution is 2.29. The molecular weight excluding hydrogens is 305 g/mol. The van der Waals surface area contributed by atoms with E-state index >= 15 is 0 Å². The fraction of sp³-hybridized carbons (Fsp3) is 0.200. The van der Waals surface area contributed by atoms with E-state index in [1.165, 1.54) is 24.3 Å². The van der Waals surface area contributed by atoms with Crippen LogP contribution in [0.1, 0.15) is 11.1 Å². The van der Waals surface area contributed by atoms with Crippen LogP contribution in [-0.4, -0.2) is 6.71 Å². The SMILES string of the molecule is CB(c1ccc(C(F)(F)F)cc1)c1cccc(C(F)(F)F)c1.